The van der Waals surface area contributed by atoms with Crippen molar-refractivity contribution in [2.75, 3.05) is 26.2 Å². The molecule has 6 nitrogen and oxygen atoms in total. The summed E-state index contributed by atoms with van der Waals surface area (Å²) in [6.45, 7) is 9.00. The Labute approximate surface area is 201 Å². The van der Waals surface area contributed by atoms with Gasteiger partial charge in [-0.25, -0.2) is 8.42 Å². The fourth-order valence-electron chi connectivity index (χ4n) is 4.37. The first-order valence-electron chi connectivity index (χ1n) is 11.3. The summed E-state index contributed by atoms with van der Waals surface area (Å²) in [5.74, 6) is -0.334. The lowest BCUT2D eigenvalue weighted by Crippen LogP contribution is -2.40. The summed E-state index contributed by atoms with van der Waals surface area (Å²) in [7, 11) is -3.70. The number of amides is 1. The highest BCUT2D eigenvalue weighted by molar-refractivity contribution is 7.89. The third-order valence-electron chi connectivity index (χ3n) is 6.31. The van der Waals surface area contributed by atoms with Crippen molar-refractivity contribution in [3.63, 3.8) is 0 Å². The van der Waals surface area contributed by atoms with E-state index < -0.39 is 10.0 Å². The molecule has 0 radical (unpaired) electrons. The number of carbonyl (C=O) groups excluding carboxylic acids is 2. The zero-order valence-electron chi connectivity index (χ0n) is 19.6. The minimum absolute atomic E-state index is 0.0545. The molecule has 8 heteroatoms. The van der Waals surface area contributed by atoms with E-state index in [1.54, 1.807) is 18.7 Å². The number of carbonyl (C=O) groups is 2. The van der Waals surface area contributed by atoms with Crippen molar-refractivity contribution in [3.05, 3.63) is 63.7 Å². The third kappa shape index (κ3) is 5.31. The van der Waals surface area contributed by atoms with Crippen molar-refractivity contribution in [2.24, 2.45) is 5.92 Å². The van der Waals surface area contributed by atoms with Crippen molar-refractivity contribution < 1.29 is 18.0 Å². The molecular weight excluding hydrogens is 460 g/mol. The molecule has 0 aromatic heterocycles. The van der Waals surface area contributed by atoms with Gasteiger partial charge in [0, 0.05) is 37.7 Å². The van der Waals surface area contributed by atoms with Crippen LogP contribution in [0.15, 0.2) is 41.3 Å². The van der Waals surface area contributed by atoms with Crippen LogP contribution in [0.4, 0.5) is 0 Å². The van der Waals surface area contributed by atoms with Crippen LogP contribution in [0, 0.1) is 19.8 Å². The lowest BCUT2D eigenvalue weighted by Gasteiger charge is -2.32. The van der Waals surface area contributed by atoms with Crippen LogP contribution in [-0.2, 0) is 10.0 Å². The van der Waals surface area contributed by atoms with E-state index >= 15 is 0 Å². The maximum Gasteiger partial charge on any atom is 0.255 e. The first-order valence-corrected chi connectivity index (χ1v) is 13.1. The summed E-state index contributed by atoms with van der Waals surface area (Å²) < 4.78 is 27.1. The van der Waals surface area contributed by atoms with E-state index in [-0.39, 0.29) is 33.1 Å². The van der Waals surface area contributed by atoms with Crippen molar-refractivity contribution in [2.45, 2.75) is 45.4 Å². The number of rotatable bonds is 7. The molecule has 33 heavy (non-hydrogen) atoms. The molecule has 0 aliphatic carbocycles. The predicted molar refractivity (Wildman–Crippen MR) is 130 cm³/mol. The van der Waals surface area contributed by atoms with Gasteiger partial charge in [0.25, 0.3) is 5.91 Å². The molecule has 1 amide bonds. The van der Waals surface area contributed by atoms with Crippen LogP contribution < -0.4 is 0 Å². The summed E-state index contributed by atoms with van der Waals surface area (Å²) >= 11 is 6.29. The zero-order chi connectivity index (χ0) is 24.3. The zero-order valence-corrected chi connectivity index (χ0v) is 21.2. The highest BCUT2D eigenvalue weighted by Crippen LogP contribution is 2.28. The van der Waals surface area contributed by atoms with Crippen molar-refractivity contribution in [1.29, 1.82) is 0 Å². The molecule has 178 valence electrons. The largest absolute Gasteiger partial charge is 0.339 e. The Hall–Kier alpha value is -2.22. The molecule has 1 heterocycles. The molecular formula is C25H31ClN2O4S. The van der Waals surface area contributed by atoms with Gasteiger partial charge < -0.3 is 4.90 Å². The van der Waals surface area contributed by atoms with Gasteiger partial charge >= 0.3 is 0 Å². The standard InChI is InChI=1S/C25H31ClN2O4S/c1-5-28(6-2)33(31,32)20-8-10-23(26)22(16-20)25(30)27-13-11-19(12-14-27)24(29)21-9-7-17(3)15-18(21)4/h7-10,15-16,19H,5-6,11-14H2,1-4H3. The van der Waals surface area contributed by atoms with E-state index in [2.05, 4.69) is 0 Å². The van der Waals surface area contributed by atoms with E-state index in [9.17, 15) is 18.0 Å². The molecule has 0 N–H and O–H groups in total. The van der Waals surface area contributed by atoms with E-state index in [0.717, 1.165) is 16.7 Å². The fourth-order valence-corrected chi connectivity index (χ4v) is 6.05. The fraction of sp³-hybridized carbons (Fsp3) is 0.440. The summed E-state index contributed by atoms with van der Waals surface area (Å²) in [5, 5.41) is 0.215. The van der Waals surface area contributed by atoms with Gasteiger partial charge in [-0.05, 0) is 50.5 Å². The van der Waals surface area contributed by atoms with Gasteiger partial charge in [0.15, 0.2) is 5.78 Å². The van der Waals surface area contributed by atoms with Crippen LogP contribution in [0.5, 0.6) is 0 Å². The molecule has 0 saturated carbocycles. The van der Waals surface area contributed by atoms with Crippen LogP contribution in [0.2, 0.25) is 5.02 Å². The number of Topliss-reactive ketones (excluding diaryl/α,β-unsaturated/α-hetero) is 1. The molecule has 0 spiro atoms. The maximum atomic E-state index is 13.2. The van der Waals surface area contributed by atoms with Gasteiger partial charge in [-0.2, -0.15) is 4.31 Å². The van der Waals surface area contributed by atoms with Crippen molar-refractivity contribution in [3.8, 4) is 0 Å². The van der Waals surface area contributed by atoms with Crippen LogP contribution in [0.25, 0.3) is 0 Å². The van der Waals surface area contributed by atoms with Gasteiger partial charge in [0.05, 0.1) is 15.5 Å². The number of halogens is 1. The van der Waals surface area contributed by atoms with E-state index in [4.69, 9.17) is 11.6 Å². The minimum atomic E-state index is -3.70. The van der Waals surface area contributed by atoms with Crippen molar-refractivity contribution in [1.82, 2.24) is 9.21 Å². The number of piperidine rings is 1. The summed E-state index contributed by atoms with van der Waals surface area (Å²) in [6.07, 6.45) is 1.12. The number of nitrogens with zero attached hydrogens (tertiary/aromatic N) is 2. The normalized spacial score (nSPS) is 15.2. The first-order chi connectivity index (χ1) is 15.6. The first kappa shape index (κ1) is 25.4. The molecule has 1 aliphatic rings. The Morgan fingerprint density at radius 2 is 1.64 bits per heavy atom. The van der Waals surface area contributed by atoms with E-state index in [1.807, 2.05) is 32.0 Å². The molecule has 1 fully saturated rings. The lowest BCUT2D eigenvalue weighted by molar-refractivity contribution is 0.0650. The maximum absolute atomic E-state index is 13.2. The highest BCUT2D eigenvalue weighted by atomic mass is 35.5. The van der Waals surface area contributed by atoms with Gasteiger partial charge in [0.1, 0.15) is 0 Å². The lowest BCUT2D eigenvalue weighted by atomic mass is 9.87. The number of likely N-dealkylation sites (tertiary alicyclic amines) is 1. The van der Waals surface area contributed by atoms with Crippen LogP contribution in [0.1, 0.15) is 58.5 Å². The van der Waals surface area contributed by atoms with E-state index in [1.165, 1.54) is 22.5 Å². The topological polar surface area (TPSA) is 74.8 Å². The summed E-state index contributed by atoms with van der Waals surface area (Å²) in [6, 6.07) is 10.1. The molecule has 1 aliphatic heterocycles. The SMILES string of the molecule is CCN(CC)S(=O)(=O)c1ccc(Cl)c(C(=O)N2CCC(C(=O)c3ccc(C)cc3C)CC2)c1. The average Bonchev–Trinajstić information content (AvgIpc) is 2.79. The minimum Gasteiger partial charge on any atom is -0.339 e. The number of benzene rings is 2. The molecule has 2 aromatic rings. The smallest absolute Gasteiger partial charge is 0.255 e. The number of hydrogen-bond donors (Lipinski definition) is 0. The second-order valence-electron chi connectivity index (χ2n) is 8.48. The number of ketones is 1. The Morgan fingerprint density at radius 1 is 1.00 bits per heavy atom. The van der Waals surface area contributed by atoms with Gasteiger partial charge in [-0.15, -0.1) is 0 Å². The molecule has 0 unspecified atom stereocenters. The highest BCUT2D eigenvalue weighted by Gasteiger charge is 2.31. The molecule has 0 atom stereocenters. The van der Waals surface area contributed by atoms with Crippen LogP contribution in [0.3, 0.4) is 0 Å². The molecule has 3 rings (SSSR count). The quantitative estimate of drug-likeness (QED) is 0.526. The summed E-state index contributed by atoms with van der Waals surface area (Å²) in [5.41, 5.74) is 3.00. The molecule has 0 bridgehead atoms. The molecule has 2 aromatic carbocycles. The number of aryl methyl sites for hydroxylation is 2. The Kier molecular flexibility index (Phi) is 7.98. The second-order valence-corrected chi connectivity index (χ2v) is 10.8. The monoisotopic (exact) mass is 490 g/mol. The third-order valence-corrected chi connectivity index (χ3v) is 8.69. The van der Waals surface area contributed by atoms with Crippen molar-refractivity contribution >= 4 is 33.3 Å². The Balaban J connectivity index is 1.75. The van der Waals surface area contributed by atoms with E-state index in [0.29, 0.717) is 39.0 Å². The van der Waals surface area contributed by atoms with Gasteiger partial charge in [0.2, 0.25) is 10.0 Å². The second kappa shape index (κ2) is 10.4. The Bertz CT molecular complexity index is 1150. The Morgan fingerprint density at radius 3 is 2.21 bits per heavy atom. The number of hydrogen-bond acceptors (Lipinski definition) is 4. The van der Waals surface area contributed by atoms with Crippen LogP contribution >= 0.6 is 11.6 Å². The van der Waals surface area contributed by atoms with Crippen LogP contribution in [-0.4, -0.2) is 55.5 Å². The average molecular weight is 491 g/mol. The summed E-state index contributed by atoms with van der Waals surface area (Å²) in [4.78, 5) is 27.9. The predicted octanol–water partition coefficient (Wildman–Crippen LogP) is 4.72. The van der Waals surface area contributed by atoms with Gasteiger partial charge in [-0.1, -0.05) is 49.2 Å². The number of sulfonamides is 1. The van der Waals surface area contributed by atoms with Gasteiger partial charge in [-0.3, -0.25) is 9.59 Å². The molecule has 1 saturated heterocycles.